The molecule has 0 aromatic rings. The van der Waals surface area contributed by atoms with Gasteiger partial charge in [0.05, 0.1) is 5.92 Å². The molecule has 1 aliphatic rings. The molecule has 0 aromatic heterocycles. The van der Waals surface area contributed by atoms with Gasteiger partial charge in [-0.25, -0.2) is 0 Å². The summed E-state index contributed by atoms with van der Waals surface area (Å²) in [4.78, 5) is 11.0. The van der Waals surface area contributed by atoms with Gasteiger partial charge in [0.2, 0.25) is 0 Å². The molecular weight excluding hydrogens is 270 g/mol. The maximum absolute atomic E-state index is 12.3. The lowest BCUT2D eigenvalue weighted by molar-refractivity contribution is -0.142. The number of carboxylic acids is 1. The average molecular weight is 293 g/mol. The Morgan fingerprint density at radius 3 is 2.79 bits per heavy atom. The molecule has 1 fully saturated rings. The number of carboxylic acid groups (broad SMARTS) is 1. The van der Waals surface area contributed by atoms with Crippen molar-refractivity contribution in [3.63, 3.8) is 0 Å². The minimum Gasteiger partial charge on any atom is -0.481 e. The largest absolute Gasteiger partial charge is 0.481 e. The van der Waals surface area contributed by atoms with Gasteiger partial charge in [-0.1, -0.05) is 0 Å². The molecule has 1 aliphatic heterocycles. The molecule has 1 saturated heterocycles. The Hall–Kier alpha value is -0.700. The molecule has 0 spiro atoms. The van der Waals surface area contributed by atoms with Crippen LogP contribution in [0.4, 0.5) is 0 Å². The highest BCUT2D eigenvalue weighted by atomic mass is 32.2. The summed E-state index contributed by atoms with van der Waals surface area (Å²) in [5.41, 5.74) is 0. The van der Waals surface area contributed by atoms with Gasteiger partial charge in [0, 0.05) is 26.7 Å². The van der Waals surface area contributed by atoms with Crippen molar-refractivity contribution >= 4 is 16.2 Å². The van der Waals surface area contributed by atoms with E-state index in [9.17, 15) is 13.2 Å². The van der Waals surface area contributed by atoms with E-state index in [1.807, 2.05) is 7.05 Å². The first-order valence-corrected chi connectivity index (χ1v) is 7.88. The van der Waals surface area contributed by atoms with Gasteiger partial charge >= 0.3 is 5.97 Å². The molecule has 112 valence electrons. The van der Waals surface area contributed by atoms with Crippen LogP contribution in [0.3, 0.4) is 0 Å². The summed E-state index contributed by atoms with van der Waals surface area (Å²) in [7, 11) is -0.180. The molecule has 8 heteroatoms. The predicted molar refractivity (Wildman–Crippen MR) is 72.0 cm³/mol. The molecule has 0 bridgehead atoms. The van der Waals surface area contributed by atoms with Crippen LogP contribution in [-0.2, 0) is 15.0 Å². The van der Waals surface area contributed by atoms with Gasteiger partial charge in [0.25, 0.3) is 10.2 Å². The van der Waals surface area contributed by atoms with Gasteiger partial charge < -0.3 is 10.4 Å². The monoisotopic (exact) mass is 293 g/mol. The van der Waals surface area contributed by atoms with Crippen LogP contribution in [-0.4, -0.2) is 68.4 Å². The van der Waals surface area contributed by atoms with E-state index in [-0.39, 0.29) is 6.54 Å². The lowest BCUT2D eigenvalue weighted by Crippen LogP contribution is -2.48. The van der Waals surface area contributed by atoms with Crippen LogP contribution in [0.15, 0.2) is 0 Å². The van der Waals surface area contributed by atoms with E-state index in [2.05, 4.69) is 5.32 Å². The van der Waals surface area contributed by atoms with Gasteiger partial charge in [-0.2, -0.15) is 17.0 Å². The number of piperidine rings is 1. The Kier molecular flexibility index (Phi) is 6.18. The quantitative estimate of drug-likeness (QED) is 0.622. The van der Waals surface area contributed by atoms with Crippen molar-refractivity contribution in [2.45, 2.75) is 19.3 Å². The molecule has 1 rings (SSSR count). The summed E-state index contributed by atoms with van der Waals surface area (Å²) in [5, 5.41) is 12.0. The maximum Gasteiger partial charge on any atom is 0.307 e. The van der Waals surface area contributed by atoms with Crippen molar-refractivity contribution < 1.29 is 18.3 Å². The molecule has 1 atom stereocenters. The molecule has 0 amide bonds. The summed E-state index contributed by atoms with van der Waals surface area (Å²) in [6.45, 7) is 1.66. The molecule has 1 heterocycles. The third kappa shape index (κ3) is 4.41. The standard InChI is InChI=1S/C11H23N3O4S/c1-12-6-4-7-13(2)19(17,18)14-8-3-5-10(9-14)11(15)16/h10,12H,3-9H2,1-2H3,(H,15,16). The number of hydrogen-bond acceptors (Lipinski definition) is 4. The third-order valence-electron chi connectivity index (χ3n) is 3.35. The Morgan fingerprint density at radius 2 is 2.21 bits per heavy atom. The minimum atomic E-state index is -3.53. The van der Waals surface area contributed by atoms with Crippen molar-refractivity contribution in [1.29, 1.82) is 0 Å². The summed E-state index contributed by atoms with van der Waals surface area (Å²) in [6, 6.07) is 0. The fraction of sp³-hybridized carbons (Fsp3) is 0.909. The maximum atomic E-state index is 12.3. The molecule has 1 unspecified atom stereocenters. The fourth-order valence-corrected chi connectivity index (χ4v) is 3.63. The van der Waals surface area contributed by atoms with Crippen LogP contribution in [0.5, 0.6) is 0 Å². The Labute approximate surface area is 114 Å². The Balaban J connectivity index is 2.62. The number of nitrogens with one attached hydrogen (secondary N) is 1. The smallest absolute Gasteiger partial charge is 0.307 e. The zero-order valence-electron chi connectivity index (χ0n) is 11.5. The topological polar surface area (TPSA) is 90.0 Å². The van der Waals surface area contributed by atoms with Crippen LogP contribution in [0.25, 0.3) is 0 Å². The lowest BCUT2D eigenvalue weighted by atomic mass is 10.0. The Bertz CT molecular complexity index is 399. The van der Waals surface area contributed by atoms with Crippen LogP contribution >= 0.6 is 0 Å². The van der Waals surface area contributed by atoms with Gasteiger partial charge in [-0.15, -0.1) is 0 Å². The molecule has 0 radical (unpaired) electrons. The van der Waals surface area contributed by atoms with Gasteiger partial charge in [0.1, 0.15) is 0 Å². The lowest BCUT2D eigenvalue weighted by Gasteiger charge is -2.32. The zero-order valence-corrected chi connectivity index (χ0v) is 12.3. The van der Waals surface area contributed by atoms with E-state index >= 15 is 0 Å². The van der Waals surface area contributed by atoms with E-state index in [1.54, 1.807) is 0 Å². The van der Waals surface area contributed by atoms with Gasteiger partial charge in [0.15, 0.2) is 0 Å². The number of nitrogens with zero attached hydrogens (tertiary/aromatic N) is 2. The highest BCUT2D eigenvalue weighted by molar-refractivity contribution is 7.86. The average Bonchev–Trinajstić information content (AvgIpc) is 2.39. The van der Waals surface area contributed by atoms with E-state index in [0.29, 0.717) is 25.9 Å². The number of aliphatic carboxylic acids is 1. The van der Waals surface area contributed by atoms with Crippen LogP contribution in [0.2, 0.25) is 0 Å². The molecule has 0 aromatic carbocycles. The van der Waals surface area contributed by atoms with Crippen molar-refractivity contribution in [3.8, 4) is 0 Å². The predicted octanol–water partition coefficient (Wildman–Crippen LogP) is -0.431. The highest BCUT2D eigenvalue weighted by Crippen LogP contribution is 2.20. The minimum absolute atomic E-state index is 0.0774. The fourth-order valence-electron chi connectivity index (χ4n) is 2.14. The van der Waals surface area contributed by atoms with Crippen LogP contribution < -0.4 is 5.32 Å². The molecule has 0 saturated carbocycles. The second kappa shape index (κ2) is 7.18. The van der Waals surface area contributed by atoms with Crippen molar-refractivity contribution in [3.05, 3.63) is 0 Å². The number of rotatable bonds is 7. The number of hydrogen-bond donors (Lipinski definition) is 2. The van der Waals surface area contributed by atoms with Crippen molar-refractivity contribution in [2.24, 2.45) is 5.92 Å². The number of carbonyl (C=O) groups is 1. The molecule has 19 heavy (non-hydrogen) atoms. The second-order valence-corrected chi connectivity index (χ2v) is 6.86. The highest BCUT2D eigenvalue weighted by Gasteiger charge is 2.34. The summed E-state index contributed by atoms with van der Waals surface area (Å²) >= 11 is 0. The van der Waals surface area contributed by atoms with Crippen LogP contribution in [0.1, 0.15) is 19.3 Å². The first-order valence-electron chi connectivity index (χ1n) is 6.48. The molecular formula is C11H23N3O4S. The van der Waals surface area contributed by atoms with E-state index in [0.717, 1.165) is 13.0 Å². The van der Waals surface area contributed by atoms with Crippen molar-refractivity contribution in [2.75, 3.05) is 40.3 Å². The summed E-state index contributed by atoms with van der Waals surface area (Å²) in [6.07, 6.45) is 1.87. The van der Waals surface area contributed by atoms with E-state index in [4.69, 9.17) is 5.11 Å². The SMILES string of the molecule is CNCCCN(C)S(=O)(=O)N1CCCC(C(=O)O)C1. The van der Waals surface area contributed by atoms with E-state index < -0.39 is 22.1 Å². The van der Waals surface area contributed by atoms with Crippen molar-refractivity contribution in [1.82, 2.24) is 13.9 Å². The zero-order chi connectivity index (χ0) is 14.5. The molecule has 0 aliphatic carbocycles. The molecule has 2 N–H and O–H groups in total. The third-order valence-corrected chi connectivity index (χ3v) is 5.31. The first kappa shape index (κ1) is 16.4. The first-order chi connectivity index (χ1) is 8.89. The molecule has 7 nitrogen and oxygen atoms in total. The summed E-state index contributed by atoms with van der Waals surface area (Å²) < 4.78 is 27.2. The second-order valence-electron chi connectivity index (χ2n) is 4.82. The Morgan fingerprint density at radius 1 is 1.53 bits per heavy atom. The normalized spacial score (nSPS) is 21.7. The van der Waals surface area contributed by atoms with Crippen LogP contribution in [0, 0.1) is 5.92 Å². The van der Waals surface area contributed by atoms with Gasteiger partial charge in [-0.3, -0.25) is 4.79 Å². The van der Waals surface area contributed by atoms with E-state index in [1.165, 1.54) is 15.7 Å². The summed E-state index contributed by atoms with van der Waals surface area (Å²) in [5.74, 6) is -1.51. The van der Waals surface area contributed by atoms with Gasteiger partial charge in [-0.05, 0) is 32.9 Å².